The number of carbonyl (C=O) groups excluding carboxylic acids is 1. The molecule has 1 heterocycles. The topological polar surface area (TPSA) is 68.3 Å². The van der Waals surface area contributed by atoms with Crippen LogP contribution in [0.5, 0.6) is 0 Å². The number of hydrogen-bond donors (Lipinski definition) is 2. The van der Waals surface area contributed by atoms with Crippen LogP contribution in [0.1, 0.15) is 55.9 Å². The lowest BCUT2D eigenvalue weighted by Gasteiger charge is -2.32. The third-order valence-corrected chi connectivity index (χ3v) is 4.92. The van der Waals surface area contributed by atoms with Crippen LogP contribution in [0.2, 0.25) is 0 Å². The molecule has 0 bridgehead atoms. The van der Waals surface area contributed by atoms with Gasteiger partial charge in [-0.1, -0.05) is 12.8 Å². The van der Waals surface area contributed by atoms with E-state index in [-0.39, 0.29) is 17.9 Å². The summed E-state index contributed by atoms with van der Waals surface area (Å²) in [6, 6.07) is 2.13. The number of hydrogen-bond acceptors (Lipinski definition) is 3. The minimum absolute atomic E-state index is 0.103. The van der Waals surface area contributed by atoms with E-state index in [0.717, 1.165) is 44.3 Å². The van der Waals surface area contributed by atoms with Gasteiger partial charge in [-0.25, -0.2) is 0 Å². The fourth-order valence-electron chi connectivity index (χ4n) is 3.75. The largest absolute Gasteiger partial charge is 0.469 e. The van der Waals surface area contributed by atoms with E-state index < -0.39 is 0 Å². The predicted octanol–water partition coefficient (Wildman–Crippen LogP) is 2.54. The summed E-state index contributed by atoms with van der Waals surface area (Å²) in [5.41, 5.74) is 7.00. The third kappa shape index (κ3) is 2.62. The van der Waals surface area contributed by atoms with Crippen molar-refractivity contribution in [3.63, 3.8) is 0 Å². The first-order valence-electron chi connectivity index (χ1n) is 7.86. The van der Waals surface area contributed by atoms with Gasteiger partial charge in [0.15, 0.2) is 0 Å². The molecule has 1 aromatic heterocycles. The predicted molar refractivity (Wildman–Crippen MR) is 77.0 cm³/mol. The maximum absolute atomic E-state index is 12.6. The number of carbonyl (C=O) groups is 1. The molecule has 1 fully saturated rings. The lowest BCUT2D eigenvalue weighted by Crippen LogP contribution is -2.41. The Hall–Kier alpha value is -1.29. The Morgan fingerprint density at radius 3 is 3.00 bits per heavy atom. The van der Waals surface area contributed by atoms with Gasteiger partial charge in [0.05, 0.1) is 12.3 Å². The minimum atomic E-state index is 0.103. The van der Waals surface area contributed by atoms with Gasteiger partial charge < -0.3 is 15.5 Å². The van der Waals surface area contributed by atoms with Crippen LogP contribution in [0.15, 0.2) is 16.7 Å². The molecule has 20 heavy (non-hydrogen) atoms. The fraction of sp³-hybridized carbons (Fsp3) is 0.688. The summed E-state index contributed by atoms with van der Waals surface area (Å²) in [6.07, 6.45) is 9.25. The zero-order valence-corrected chi connectivity index (χ0v) is 11.9. The normalized spacial score (nSPS) is 29.8. The minimum Gasteiger partial charge on any atom is -0.469 e. The van der Waals surface area contributed by atoms with Gasteiger partial charge in [0.25, 0.3) is 0 Å². The summed E-state index contributed by atoms with van der Waals surface area (Å²) in [4.78, 5) is 12.6. The Kier molecular flexibility index (Phi) is 4.10. The second-order valence-corrected chi connectivity index (χ2v) is 6.14. The van der Waals surface area contributed by atoms with E-state index in [1.807, 2.05) is 6.07 Å². The van der Waals surface area contributed by atoms with Gasteiger partial charge in [0.2, 0.25) is 5.91 Å². The van der Waals surface area contributed by atoms with Crippen molar-refractivity contribution < 1.29 is 9.21 Å². The summed E-state index contributed by atoms with van der Waals surface area (Å²) in [6.45, 7) is 0.625. The van der Waals surface area contributed by atoms with Crippen LogP contribution in [0.3, 0.4) is 0 Å². The number of nitrogens with two attached hydrogens (primary N) is 1. The standard InChI is InChI=1S/C16H24N2O2/c17-10-11-4-1-2-5-12(11)16(19)18-14-6-3-7-15-13(14)8-9-20-15/h8-9,11-12,14H,1-7,10,17H2,(H,18,19). The Labute approximate surface area is 120 Å². The lowest BCUT2D eigenvalue weighted by molar-refractivity contribution is -0.128. The van der Waals surface area contributed by atoms with Gasteiger partial charge >= 0.3 is 0 Å². The number of fused-ring (bicyclic) bond motifs is 1. The molecule has 3 rings (SSSR count). The van der Waals surface area contributed by atoms with Crippen LogP contribution in [-0.4, -0.2) is 12.5 Å². The molecule has 0 aliphatic heterocycles. The molecule has 110 valence electrons. The van der Waals surface area contributed by atoms with Crippen LogP contribution in [-0.2, 0) is 11.2 Å². The summed E-state index contributed by atoms with van der Waals surface area (Å²) < 4.78 is 5.48. The van der Waals surface area contributed by atoms with Gasteiger partial charge in [-0.15, -0.1) is 0 Å². The highest BCUT2D eigenvalue weighted by Gasteiger charge is 2.32. The second-order valence-electron chi connectivity index (χ2n) is 6.14. The average molecular weight is 276 g/mol. The maximum atomic E-state index is 12.6. The van der Waals surface area contributed by atoms with Gasteiger partial charge in [-0.2, -0.15) is 0 Å². The Bertz CT molecular complexity index is 469. The molecule has 1 amide bonds. The van der Waals surface area contributed by atoms with Gasteiger partial charge in [-0.3, -0.25) is 4.79 Å². The molecule has 4 nitrogen and oxygen atoms in total. The number of furan rings is 1. The van der Waals surface area contributed by atoms with Crippen molar-refractivity contribution in [2.24, 2.45) is 17.6 Å². The van der Waals surface area contributed by atoms with Crippen LogP contribution in [0, 0.1) is 11.8 Å². The average Bonchev–Trinajstić information content (AvgIpc) is 2.96. The molecule has 0 saturated heterocycles. The molecule has 0 spiro atoms. The first kappa shape index (κ1) is 13.7. The molecule has 3 unspecified atom stereocenters. The monoisotopic (exact) mass is 276 g/mol. The van der Waals surface area contributed by atoms with E-state index in [1.165, 1.54) is 12.0 Å². The van der Waals surface area contributed by atoms with Gasteiger partial charge in [0, 0.05) is 17.9 Å². The number of amides is 1. The molecule has 0 aromatic carbocycles. The van der Waals surface area contributed by atoms with Crippen molar-refractivity contribution in [1.82, 2.24) is 5.32 Å². The van der Waals surface area contributed by atoms with E-state index in [1.54, 1.807) is 6.26 Å². The number of aryl methyl sites for hydroxylation is 1. The molecule has 4 heteroatoms. The van der Waals surface area contributed by atoms with Crippen LogP contribution in [0.4, 0.5) is 0 Å². The lowest BCUT2D eigenvalue weighted by atomic mass is 9.78. The maximum Gasteiger partial charge on any atom is 0.223 e. The first-order chi connectivity index (χ1) is 9.79. The molecular weight excluding hydrogens is 252 g/mol. The molecule has 0 radical (unpaired) electrons. The molecular formula is C16H24N2O2. The highest BCUT2D eigenvalue weighted by atomic mass is 16.3. The SMILES string of the molecule is NCC1CCCCC1C(=O)NC1CCCc2occc21. The first-order valence-corrected chi connectivity index (χ1v) is 7.86. The van der Waals surface area contributed by atoms with E-state index >= 15 is 0 Å². The summed E-state index contributed by atoms with van der Waals surface area (Å²) in [5.74, 6) is 1.70. The Balaban J connectivity index is 1.67. The third-order valence-electron chi connectivity index (χ3n) is 4.92. The summed E-state index contributed by atoms with van der Waals surface area (Å²) in [7, 11) is 0. The quantitative estimate of drug-likeness (QED) is 0.891. The zero-order chi connectivity index (χ0) is 13.9. The van der Waals surface area contributed by atoms with Crippen molar-refractivity contribution in [3.05, 3.63) is 23.7 Å². The molecule has 1 saturated carbocycles. The fourth-order valence-corrected chi connectivity index (χ4v) is 3.75. The van der Waals surface area contributed by atoms with Crippen LogP contribution >= 0.6 is 0 Å². The summed E-state index contributed by atoms with van der Waals surface area (Å²) in [5, 5.41) is 3.24. The van der Waals surface area contributed by atoms with Crippen LogP contribution in [0.25, 0.3) is 0 Å². The van der Waals surface area contributed by atoms with Gasteiger partial charge in [-0.05, 0) is 44.2 Å². The van der Waals surface area contributed by atoms with E-state index in [0.29, 0.717) is 12.5 Å². The van der Waals surface area contributed by atoms with Crippen molar-refractivity contribution in [3.8, 4) is 0 Å². The Morgan fingerprint density at radius 2 is 2.15 bits per heavy atom. The molecule has 2 aliphatic carbocycles. The zero-order valence-electron chi connectivity index (χ0n) is 11.9. The number of rotatable bonds is 3. The summed E-state index contributed by atoms with van der Waals surface area (Å²) >= 11 is 0. The smallest absolute Gasteiger partial charge is 0.223 e. The highest BCUT2D eigenvalue weighted by Crippen LogP contribution is 2.33. The molecule has 2 aliphatic rings. The molecule has 3 atom stereocenters. The van der Waals surface area contributed by atoms with Crippen molar-refractivity contribution >= 4 is 5.91 Å². The number of nitrogens with one attached hydrogen (secondary N) is 1. The second kappa shape index (κ2) is 6.00. The van der Waals surface area contributed by atoms with Crippen molar-refractivity contribution in [1.29, 1.82) is 0 Å². The van der Waals surface area contributed by atoms with Crippen LogP contribution < -0.4 is 11.1 Å². The van der Waals surface area contributed by atoms with E-state index in [9.17, 15) is 4.79 Å². The van der Waals surface area contributed by atoms with Crippen molar-refractivity contribution in [2.45, 2.75) is 51.0 Å². The molecule has 3 N–H and O–H groups in total. The Morgan fingerprint density at radius 1 is 1.30 bits per heavy atom. The van der Waals surface area contributed by atoms with Gasteiger partial charge in [0.1, 0.15) is 5.76 Å². The van der Waals surface area contributed by atoms with E-state index in [4.69, 9.17) is 10.2 Å². The van der Waals surface area contributed by atoms with Crippen molar-refractivity contribution in [2.75, 3.05) is 6.54 Å². The molecule has 1 aromatic rings. The van der Waals surface area contributed by atoms with E-state index in [2.05, 4.69) is 5.32 Å². The highest BCUT2D eigenvalue weighted by molar-refractivity contribution is 5.79.